The van der Waals surface area contributed by atoms with Gasteiger partial charge in [-0.1, -0.05) is 34.2 Å². The first kappa shape index (κ1) is 13.4. The number of hydrogen-bond acceptors (Lipinski definition) is 2. The van der Waals surface area contributed by atoms with Gasteiger partial charge in [0.1, 0.15) is 0 Å². The number of para-hydroxylation sites is 2. The summed E-state index contributed by atoms with van der Waals surface area (Å²) in [5.74, 6) is 0. The molecule has 0 fully saturated rings. The van der Waals surface area contributed by atoms with E-state index in [1.54, 1.807) is 0 Å². The first-order chi connectivity index (χ1) is 9.33. The minimum atomic E-state index is -2.52. The average Bonchev–Trinajstić information content (AvgIpc) is 2.38. The lowest BCUT2D eigenvalue weighted by Crippen LogP contribution is -2.41. The second kappa shape index (κ2) is 4.19. The summed E-state index contributed by atoms with van der Waals surface area (Å²) < 4.78 is 13.3. The van der Waals surface area contributed by atoms with Crippen LogP contribution in [-0.2, 0) is 9.93 Å². The van der Waals surface area contributed by atoms with Gasteiger partial charge in [-0.25, -0.2) is 0 Å². The van der Waals surface area contributed by atoms with Crippen molar-refractivity contribution in [2.45, 2.75) is 36.1 Å². The lowest BCUT2D eigenvalue weighted by Gasteiger charge is -2.45. The van der Waals surface area contributed by atoms with E-state index in [1.165, 1.54) is 0 Å². The minimum absolute atomic E-state index is 0.0629. The van der Waals surface area contributed by atoms with E-state index in [4.69, 9.17) is 0 Å². The molecule has 0 aromatic heterocycles. The molecule has 1 aliphatic heterocycles. The van der Waals surface area contributed by atoms with Gasteiger partial charge in [-0.2, -0.15) is 0 Å². The lowest BCUT2D eigenvalue weighted by atomic mass is 10.0. The van der Waals surface area contributed by atoms with Crippen LogP contribution >= 0.6 is 0 Å². The molecule has 20 heavy (non-hydrogen) atoms. The van der Waals surface area contributed by atoms with Crippen molar-refractivity contribution in [2.24, 2.45) is 0 Å². The van der Waals surface area contributed by atoms with Gasteiger partial charge in [-0.05, 0) is 51.3 Å². The summed E-state index contributed by atoms with van der Waals surface area (Å²) in [5, 5.41) is 0. The Hall–Kier alpha value is -1.61. The highest BCUT2D eigenvalue weighted by atomic mass is 32.2. The van der Waals surface area contributed by atoms with Crippen LogP contribution in [0.4, 0.5) is 11.4 Å². The van der Waals surface area contributed by atoms with E-state index in [-0.39, 0.29) is 5.54 Å². The first-order valence-corrected chi connectivity index (χ1v) is 9.06. The molecule has 0 saturated carbocycles. The Morgan fingerprint density at radius 2 is 1.25 bits per heavy atom. The van der Waals surface area contributed by atoms with Gasteiger partial charge in [0, 0.05) is 15.3 Å². The Bertz CT molecular complexity index is 663. The maximum Gasteiger partial charge on any atom is 0.0563 e. The molecule has 0 saturated heterocycles. The van der Waals surface area contributed by atoms with Crippen molar-refractivity contribution >= 4 is 21.3 Å². The van der Waals surface area contributed by atoms with E-state index in [1.807, 2.05) is 42.7 Å². The average molecular weight is 287 g/mol. The summed E-state index contributed by atoms with van der Waals surface area (Å²) in [6.45, 7) is 6.56. The van der Waals surface area contributed by atoms with Crippen molar-refractivity contribution in [1.82, 2.24) is 0 Å². The number of benzene rings is 2. The van der Waals surface area contributed by atoms with E-state index in [2.05, 4.69) is 37.8 Å². The van der Waals surface area contributed by atoms with Crippen molar-refractivity contribution in [3.05, 3.63) is 48.5 Å². The number of thiol groups is 1. The summed E-state index contributed by atoms with van der Waals surface area (Å²) in [5.41, 5.74) is 2.08. The van der Waals surface area contributed by atoms with Crippen LogP contribution in [0.5, 0.6) is 0 Å². The first-order valence-electron chi connectivity index (χ1n) is 6.90. The van der Waals surface area contributed by atoms with Gasteiger partial charge in [-0.3, -0.25) is 4.21 Å². The van der Waals surface area contributed by atoms with E-state index in [0.717, 1.165) is 21.2 Å². The molecule has 0 aliphatic carbocycles. The smallest absolute Gasteiger partial charge is 0.0563 e. The van der Waals surface area contributed by atoms with Crippen molar-refractivity contribution in [3.63, 3.8) is 0 Å². The van der Waals surface area contributed by atoms with Crippen molar-refractivity contribution in [3.8, 4) is 0 Å². The Morgan fingerprint density at radius 1 is 0.850 bits per heavy atom. The van der Waals surface area contributed by atoms with Crippen LogP contribution in [0, 0.1) is 0 Å². The predicted octanol–water partition coefficient (Wildman–Crippen LogP) is 4.00. The highest BCUT2D eigenvalue weighted by Gasteiger charge is 2.36. The van der Waals surface area contributed by atoms with E-state index in [0.29, 0.717) is 0 Å². The van der Waals surface area contributed by atoms with E-state index >= 15 is 0 Å². The Morgan fingerprint density at radius 3 is 1.65 bits per heavy atom. The quantitative estimate of drug-likeness (QED) is 0.739. The van der Waals surface area contributed by atoms with Gasteiger partial charge in [-0.15, -0.1) is 0 Å². The molecule has 2 aromatic carbocycles. The highest BCUT2D eigenvalue weighted by molar-refractivity contribution is 8.02. The molecular weight excluding hydrogens is 266 g/mol. The van der Waals surface area contributed by atoms with Gasteiger partial charge in [0.2, 0.25) is 0 Å². The third kappa shape index (κ3) is 1.80. The monoisotopic (exact) mass is 287 g/mol. The SMILES string of the molecule is CC(C)(C)N1c2ccccc2[SH](C)(=O)c2ccccc21. The van der Waals surface area contributed by atoms with Crippen molar-refractivity contribution < 1.29 is 4.21 Å². The molecule has 2 aromatic rings. The third-order valence-corrected chi connectivity index (χ3v) is 6.43. The summed E-state index contributed by atoms with van der Waals surface area (Å²) in [4.78, 5) is 4.24. The minimum Gasteiger partial charge on any atom is -0.334 e. The summed E-state index contributed by atoms with van der Waals surface area (Å²) in [7, 11) is -2.52. The molecule has 0 N–H and O–H groups in total. The molecule has 0 atom stereocenters. The fraction of sp³-hybridized carbons (Fsp3) is 0.294. The molecule has 1 heterocycles. The van der Waals surface area contributed by atoms with Gasteiger partial charge in [0.25, 0.3) is 0 Å². The second-order valence-electron chi connectivity index (χ2n) is 6.41. The van der Waals surface area contributed by atoms with Crippen molar-refractivity contribution in [2.75, 3.05) is 11.2 Å². The van der Waals surface area contributed by atoms with Gasteiger partial charge in [0.05, 0.1) is 11.4 Å². The molecule has 2 nitrogen and oxygen atoms in total. The van der Waals surface area contributed by atoms with Crippen LogP contribution in [0.15, 0.2) is 58.3 Å². The molecule has 0 bridgehead atoms. The topological polar surface area (TPSA) is 20.3 Å². The zero-order valence-electron chi connectivity index (χ0n) is 12.4. The molecule has 106 valence electrons. The van der Waals surface area contributed by atoms with E-state index in [9.17, 15) is 4.21 Å². The maximum absolute atomic E-state index is 13.3. The molecule has 0 amide bonds. The number of hydrogen-bond donors (Lipinski definition) is 1. The normalized spacial score (nSPS) is 18.1. The molecule has 3 heteroatoms. The Kier molecular flexibility index (Phi) is 2.80. The molecule has 3 rings (SSSR count). The Labute approximate surface area is 121 Å². The fourth-order valence-electron chi connectivity index (χ4n) is 3.01. The van der Waals surface area contributed by atoms with E-state index < -0.39 is 9.93 Å². The second-order valence-corrected chi connectivity index (χ2v) is 9.22. The molecule has 0 radical (unpaired) electrons. The highest BCUT2D eigenvalue weighted by Crippen LogP contribution is 2.49. The van der Waals surface area contributed by atoms with Gasteiger partial charge in [0.15, 0.2) is 0 Å². The lowest BCUT2D eigenvalue weighted by molar-refractivity contribution is 0.551. The fourth-order valence-corrected chi connectivity index (χ4v) is 5.23. The van der Waals surface area contributed by atoms with Gasteiger partial charge >= 0.3 is 0 Å². The summed E-state index contributed by atoms with van der Waals surface area (Å²) in [6.07, 6.45) is 1.88. The van der Waals surface area contributed by atoms with Crippen molar-refractivity contribution in [1.29, 1.82) is 0 Å². The Balaban J connectivity index is 2.39. The summed E-state index contributed by atoms with van der Waals surface area (Å²) in [6, 6.07) is 16.2. The number of rotatable bonds is 0. The van der Waals surface area contributed by atoms with Crippen LogP contribution < -0.4 is 4.90 Å². The third-order valence-electron chi connectivity index (χ3n) is 3.84. The van der Waals surface area contributed by atoms with Crippen LogP contribution in [0.25, 0.3) is 0 Å². The summed E-state index contributed by atoms with van der Waals surface area (Å²) >= 11 is 0. The molecule has 1 aliphatic rings. The maximum atomic E-state index is 13.3. The zero-order chi connectivity index (χ0) is 14.5. The number of anilines is 2. The number of fused-ring (bicyclic) bond motifs is 2. The molecule has 0 spiro atoms. The van der Waals surface area contributed by atoms with Crippen LogP contribution in [0.1, 0.15) is 20.8 Å². The number of nitrogens with zero attached hydrogens (tertiary/aromatic N) is 1. The molecule has 0 unspecified atom stereocenters. The van der Waals surface area contributed by atoms with Crippen LogP contribution in [0.3, 0.4) is 0 Å². The standard InChI is InChI=1S/C17H21NOS/c1-17(2,3)18-13-9-5-7-11-15(13)20(4,19)16-12-8-6-10-14(16)18/h5-12,20H,1-4H3. The van der Waals surface area contributed by atoms with Crippen LogP contribution in [0.2, 0.25) is 0 Å². The van der Waals surface area contributed by atoms with Gasteiger partial charge < -0.3 is 4.90 Å². The van der Waals surface area contributed by atoms with Crippen LogP contribution in [-0.4, -0.2) is 16.0 Å². The largest absolute Gasteiger partial charge is 0.334 e. The zero-order valence-corrected chi connectivity index (χ0v) is 13.3. The molecular formula is C17H21NOS. The predicted molar refractivity (Wildman–Crippen MR) is 86.8 cm³/mol.